The van der Waals surface area contributed by atoms with E-state index in [2.05, 4.69) is 15.0 Å². The van der Waals surface area contributed by atoms with Gasteiger partial charge in [-0.1, -0.05) is 12.1 Å². The van der Waals surface area contributed by atoms with Gasteiger partial charge in [0.2, 0.25) is 0 Å². The number of fused-ring (bicyclic) bond motifs is 1. The van der Waals surface area contributed by atoms with Crippen LogP contribution in [0, 0.1) is 0 Å². The van der Waals surface area contributed by atoms with Crippen molar-refractivity contribution in [3.8, 4) is 17.3 Å². The molecule has 0 fully saturated rings. The lowest BCUT2D eigenvalue weighted by Crippen LogP contribution is -2.02. The van der Waals surface area contributed by atoms with Gasteiger partial charge in [-0.3, -0.25) is 8.96 Å². The average Bonchev–Trinajstić information content (AvgIpc) is 2.98. The fraction of sp³-hybridized carbons (Fsp3) is 0.294. The summed E-state index contributed by atoms with van der Waals surface area (Å²) in [5, 5.41) is 0. The minimum absolute atomic E-state index is 0.621. The van der Waals surface area contributed by atoms with Crippen LogP contribution in [0.15, 0.2) is 42.6 Å². The van der Waals surface area contributed by atoms with Gasteiger partial charge in [0.1, 0.15) is 11.4 Å². The minimum atomic E-state index is 0.621. The lowest BCUT2D eigenvalue weighted by atomic mass is 10.3. The fourth-order valence-electron chi connectivity index (χ4n) is 2.37. The largest absolute Gasteiger partial charge is 0.493 e. The number of methoxy groups -OCH3 is 1. The number of nitrogens with zero attached hydrogens (tertiary/aromatic N) is 3. The number of ether oxygens (including phenoxy) is 2. The van der Waals surface area contributed by atoms with Gasteiger partial charge in [-0.25, -0.2) is 4.98 Å². The van der Waals surface area contributed by atoms with Crippen LogP contribution >= 0.6 is 11.9 Å². The van der Waals surface area contributed by atoms with Crippen LogP contribution < -0.4 is 4.74 Å². The Labute approximate surface area is 139 Å². The van der Waals surface area contributed by atoms with Crippen LogP contribution in [0.4, 0.5) is 0 Å². The van der Waals surface area contributed by atoms with Crippen molar-refractivity contribution in [1.82, 2.24) is 13.9 Å². The summed E-state index contributed by atoms with van der Waals surface area (Å²) in [4.78, 5) is 9.17. The molecule has 6 heteroatoms. The van der Waals surface area contributed by atoms with Gasteiger partial charge in [-0.2, -0.15) is 0 Å². The van der Waals surface area contributed by atoms with E-state index in [0.717, 1.165) is 34.7 Å². The maximum absolute atomic E-state index is 5.75. The first-order chi connectivity index (χ1) is 11.3. The van der Waals surface area contributed by atoms with Crippen LogP contribution in [0.3, 0.4) is 0 Å². The Hall–Kier alpha value is -2.05. The van der Waals surface area contributed by atoms with Crippen molar-refractivity contribution in [2.45, 2.75) is 6.42 Å². The predicted molar refractivity (Wildman–Crippen MR) is 93.9 cm³/mol. The zero-order valence-corrected chi connectivity index (χ0v) is 14.0. The molecule has 3 rings (SSSR count). The Morgan fingerprint density at radius 1 is 1.17 bits per heavy atom. The summed E-state index contributed by atoms with van der Waals surface area (Å²) in [5.41, 5.74) is 2.85. The molecule has 1 aromatic carbocycles. The van der Waals surface area contributed by atoms with Gasteiger partial charge in [0, 0.05) is 38.7 Å². The van der Waals surface area contributed by atoms with Crippen molar-refractivity contribution < 1.29 is 9.47 Å². The lowest BCUT2D eigenvalue weighted by Gasteiger charge is -2.08. The van der Waals surface area contributed by atoms with Gasteiger partial charge >= 0.3 is 0 Å². The first-order valence-corrected chi connectivity index (χ1v) is 8.62. The minimum Gasteiger partial charge on any atom is -0.493 e. The molecule has 0 bridgehead atoms. The van der Waals surface area contributed by atoms with Gasteiger partial charge in [0.05, 0.1) is 17.6 Å². The van der Waals surface area contributed by atoms with Gasteiger partial charge in [0.15, 0.2) is 5.82 Å². The van der Waals surface area contributed by atoms with E-state index < -0.39 is 0 Å². The van der Waals surface area contributed by atoms with Crippen molar-refractivity contribution in [3.63, 3.8) is 0 Å². The maximum atomic E-state index is 5.75. The molecule has 0 spiro atoms. The molecule has 0 atom stereocenters. The number of hydrogen-bond donors (Lipinski definition) is 0. The van der Waals surface area contributed by atoms with E-state index in [1.165, 1.54) is 0 Å². The van der Waals surface area contributed by atoms with E-state index in [4.69, 9.17) is 14.5 Å². The highest BCUT2D eigenvalue weighted by molar-refractivity contribution is 7.97. The van der Waals surface area contributed by atoms with E-state index in [9.17, 15) is 0 Å². The normalized spacial score (nSPS) is 11.0. The summed E-state index contributed by atoms with van der Waals surface area (Å²) in [6, 6.07) is 11.9. The highest BCUT2D eigenvalue weighted by atomic mass is 32.2. The molecule has 0 N–H and O–H groups in total. The molecule has 0 radical (unpaired) electrons. The summed E-state index contributed by atoms with van der Waals surface area (Å²) >= 11 is 1.61. The molecule has 0 unspecified atom stereocenters. The maximum Gasteiger partial charge on any atom is 0.170 e. The van der Waals surface area contributed by atoms with E-state index in [1.54, 1.807) is 25.3 Å². The van der Waals surface area contributed by atoms with Crippen LogP contribution in [0.1, 0.15) is 6.42 Å². The molecule has 2 heterocycles. The highest BCUT2D eigenvalue weighted by Crippen LogP contribution is 2.28. The third-order valence-corrected chi connectivity index (χ3v) is 4.16. The van der Waals surface area contributed by atoms with Gasteiger partial charge in [-0.05, 0) is 30.1 Å². The quantitative estimate of drug-likeness (QED) is 0.619. The van der Waals surface area contributed by atoms with Crippen LogP contribution in [0.5, 0.6) is 5.75 Å². The molecule has 5 nitrogen and oxygen atoms in total. The predicted octanol–water partition coefficient (Wildman–Crippen LogP) is 3.64. The Morgan fingerprint density at radius 2 is 2.04 bits per heavy atom. The Balaban J connectivity index is 1.89. The van der Waals surface area contributed by atoms with Crippen LogP contribution in [0.2, 0.25) is 0 Å². The monoisotopic (exact) mass is 329 g/mol. The number of pyridine rings is 1. The number of benzene rings is 1. The van der Waals surface area contributed by atoms with Crippen molar-refractivity contribution in [2.75, 3.05) is 26.6 Å². The SMILES string of the molecule is COCCCOc1ccnc(-c2nc3ccccc3n2SC)c1. The molecule has 2 aromatic heterocycles. The van der Waals surface area contributed by atoms with Gasteiger partial charge < -0.3 is 9.47 Å². The summed E-state index contributed by atoms with van der Waals surface area (Å²) in [6.07, 6.45) is 4.64. The summed E-state index contributed by atoms with van der Waals surface area (Å²) in [6.45, 7) is 1.32. The first kappa shape index (κ1) is 15.8. The molecular formula is C17H19N3O2S. The molecule has 0 aliphatic rings. The topological polar surface area (TPSA) is 49.2 Å². The van der Waals surface area contributed by atoms with Crippen molar-refractivity contribution in [2.24, 2.45) is 0 Å². The smallest absolute Gasteiger partial charge is 0.170 e. The second kappa shape index (κ2) is 7.48. The number of para-hydroxylation sites is 2. The van der Waals surface area contributed by atoms with Crippen LogP contribution in [-0.2, 0) is 4.74 Å². The highest BCUT2D eigenvalue weighted by Gasteiger charge is 2.13. The summed E-state index contributed by atoms with van der Waals surface area (Å²) < 4.78 is 12.9. The van der Waals surface area contributed by atoms with Crippen molar-refractivity contribution in [3.05, 3.63) is 42.6 Å². The molecule has 0 aliphatic heterocycles. The molecule has 0 saturated carbocycles. The third-order valence-electron chi connectivity index (χ3n) is 3.42. The third kappa shape index (κ3) is 3.48. The van der Waals surface area contributed by atoms with E-state index >= 15 is 0 Å². The zero-order valence-electron chi connectivity index (χ0n) is 13.2. The van der Waals surface area contributed by atoms with E-state index in [1.807, 2.05) is 36.6 Å². The number of hydrogen-bond acceptors (Lipinski definition) is 5. The molecular weight excluding hydrogens is 310 g/mol. The summed E-state index contributed by atoms with van der Waals surface area (Å²) in [5.74, 6) is 1.63. The van der Waals surface area contributed by atoms with Gasteiger partial charge in [0.25, 0.3) is 0 Å². The van der Waals surface area contributed by atoms with Crippen molar-refractivity contribution in [1.29, 1.82) is 0 Å². The lowest BCUT2D eigenvalue weighted by molar-refractivity contribution is 0.172. The molecule has 3 aromatic rings. The fourth-order valence-corrected chi connectivity index (χ4v) is 3.03. The molecule has 120 valence electrons. The number of rotatable bonds is 7. The molecule has 0 amide bonds. The number of imidazole rings is 1. The standard InChI is InChI=1S/C17H19N3O2S/c1-21-10-5-11-22-13-8-9-18-15(12-13)17-19-14-6-3-4-7-16(14)20(17)23-2/h3-4,6-9,12H,5,10-11H2,1-2H3. The molecule has 0 saturated heterocycles. The Morgan fingerprint density at radius 3 is 2.87 bits per heavy atom. The van der Waals surface area contributed by atoms with Crippen LogP contribution in [0.25, 0.3) is 22.6 Å². The Kier molecular flexibility index (Phi) is 5.15. The van der Waals surface area contributed by atoms with E-state index in [-0.39, 0.29) is 0 Å². The second-order valence-corrected chi connectivity index (χ2v) is 5.70. The number of aromatic nitrogens is 3. The Bertz CT molecular complexity index is 788. The second-order valence-electron chi connectivity index (χ2n) is 4.97. The molecule has 23 heavy (non-hydrogen) atoms. The van der Waals surface area contributed by atoms with Gasteiger partial charge in [-0.15, -0.1) is 0 Å². The molecule has 0 aliphatic carbocycles. The van der Waals surface area contributed by atoms with E-state index in [0.29, 0.717) is 13.2 Å². The zero-order chi connectivity index (χ0) is 16.1. The average molecular weight is 329 g/mol. The summed E-state index contributed by atoms with van der Waals surface area (Å²) in [7, 11) is 1.69. The first-order valence-electron chi connectivity index (χ1n) is 7.43. The van der Waals surface area contributed by atoms with Crippen molar-refractivity contribution >= 4 is 23.0 Å². The van der Waals surface area contributed by atoms with Crippen LogP contribution in [-0.4, -0.2) is 40.5 Å².